The zero-order valence-corrected chi connectivity index (χ0v) is 15.2. The normalized spacial score (nSPS) is 13.0. The van der Waals surface area contributed by atoms with E-state index in [1.165, 1.54) is 4.57 Å². The number of nitrogens with one attached hydrogen (secondary N) is 1. The van der Waals surface area contributed by atoms with Crippen LogP contribution >= 0.6 is 15.9 Å². The molecule has 0 unspecified atom stereocenters. The third kappa shape index (κ3) is 3.20. The van der Waals surface area contributed by atoms with Gasteiger partial charge >= 0.3 is 5.76 Å². The lowest BCUT2D eigenvalue weighted by Crippen LogP contribution is -2.20. The Kier molecular flexibility index (Phi) is 4.42. The first-order valence-electron chi connectivity index (χ1n) is 8.09. The van der Waals surface area contributed by atoms with Gasteiger partial charge in [0, 0.05) is 29.6 Å². The average molecular weight is 419 g/mol. The third-order valence-corrected chi connectivity index (χ3v) is 4.70. The number of anilines is 1. The summed E-state index contributed by atoms with van der Waals surface area (Å²) in [7, 11) is 0. The minimum absolute atomic E-state index is 0.129. The van der Waals surface area contributed by atoms with Crippen LogP contribution in [0.4, 0.5) is 5.69 Å². The van der Waals surface area contributed by atoms with Gasteiger partial charge in [0.25, 0.3) is 0 Å². The Morgan fingerprint density at radius 1 is 1.15 bits per heavy atom. The number of hydrogen-bond donors (Lipinski definition) is 1. The SMILES string of the molecule is O=C(CCn1c(=O)oc2ccccc21)Nc1cc2c(cc1Br)OCCO2. The molecule has 0 saturated carbocycles. The molecule has 0 radical (unpaired) electrons. The van der Waals surface area contributed by atoms with Crippen LogP contribution < -0.4 is 20.5 Å². The maximum Gasteiger partial charge on any atom is 0.419 e. The molecule has 1 aliphatic heterocycles. The van der Waals surface area contributed by atoms with E-state index in [-0.39, 0.29) is 18.9 Å². The third-order valence-electron chi connectivity index (χ3n) is 4.04. The standard InChI is InChI=1S/C18H15BrN2O5/c19-11-9-15-16(25-8-7-24-15)10-12(11)20-17(22)5-6-21-13-3-1-2-4-14(13)26-18(21)23/h1-4,9-10H,5-8H2,(H,20,22). The van der Waals surface area contributed by atoms with E-state index in [4.69, 9.17) is 13.9 Å². The van der Waals surface area contributed by atoms with Crippen molar-refractivity contribution in [2.45, 2.75) is 13.0 Å². The van der Waals surface area contributed by atoms with Crippen molar-refractivity contribution in [2.75, 3.05) is 18.5 Å². The van der Waals surface area contributed by atoms with Crippen LogP contribution in [0.1, 0.15) is 6.42 Å². The highest BCUT2D eigenvalue weighted by molar-refractivity contribution is 9.10. The van der Waals surface area contributed by atoms with Gasteiger partial charge in [-0.05, 0) is 28.1 Å². The zero-order chi connectivity index (χ0) is 18.1. The highest BCUT2D eigenvalue weighted by Crippen LogP contribution is 2.38. The number of fused-ring (bicyclic) bond motifs is 2. The van der Waals surface area contributed by atoms with E-state index in [0.29, 0.717) is 46.0 Å². The first kappa shape index (κ1) is 16.7. The van der Waals surface area contributed by atoms with Gasteiger partial charge in [-0.2, -0.15) is 0 Å². The van der Waals surface area contributed by atoms with Crippen LogP contribution in [0, 0.1) is 0 Å². The summed E-state index contributed by atoms with van der Waals surface area (Å²) < 4.78 is 18.3. The number of para-hydroxylation sites is 2. The number of hydrogen-bond acceptors (Lipinski definition) is 5. The van der Waals surface area contributed by atoms with E-state index in [9.17, 15) is 9.59 Å². The number of oxazole rings is 1. The molecule has 2 aromatic carbocycles. The van der Waals surface area contributed by atoms with Gasteiger partial charge in [-0.15, -0.1) is 0 Å². The topological polar surface area (TPSA) is 82.7 Å². The van der Waals surface area contributed by atoms with Gasteiger partial charge in [0.15, 0.2) is 17.1 Å². The molecule has 7 nitrogen and oxygen atoms in total. The summed E-state index contributed by atoms with van der Waals surface area (Å²) >= 11 is 3.42. The first-order valence-corrected chi connectivity index (χ1v) is 8.88. The first-order chi connectivity index (χ1) is 12.6. The van der Waals surface area contributed by atoms with E-state index in [0.717, 1.165) is 0 Å². The molecule has 0 fully saturated rings. The smallest absolute Gasteiger partial charge is 0.419 e. The Labute approximate surface area is 156 Å². The molecule has 4 rings (SSSR count). The van der Waals surface area contributed by atoms with Crippen molar-refractivity contribution in [3.05, 3.63) is 51.4 Å². The number of nitrogens with zero attached hydrogens (tertiary/aromatic N) is 1. The number of benzene rings is 2. The van der Waals surface area contributed by atoms with E-state index in [1.54, 1.807) is 30.3 Å². The quantitative estimate of drug-likeness (QED) is 0.703. The molecule has 26 heavy (non-hydrogen) atoms. The fraction of sp³-hybridized carbons (Fsp3) is 0.222. The van der Waals surface area contributed by atoms with Crippen LogP contribution in [0.15, 0.2) is 50.1 Å². The Balaban J connectivity index is 1.47. The maximum absolute atomic E-state index is 12.3. The van der Waals surface area contributed by atoms with Gasteiger partial charge in [-0.25, -0.2) is 4.79 Å². The summed E-state index contributed by atoms with van der Waals surface area (Å²) in [5.74, 6) is 0.531. The van der Waals surface area contributed by atoms with E-state index in [1.807, 2.05) is 6.07 Å². The van der Waals surface area contributed by atoms with Crippen molar-refractivity contribution >= 4 is 38.6 Å². The van der Waals surface area contributed by atoms with Crippen LogP contribution in [-0.4, -0.2) is 23.7 Å². The highest BCUT2D eigenvalue weighted by Gasteiger charge is 2.17. The molecule has 1 amide bonds. The molecular formula is C18H15BrN2O5. The number of ether oxygens (including phenoxy) is 2. The van der Waals surface area contributed by atoms with Crippen molar-refractivity contribution < 1.29 is 18.7 Å². The molecule has 0 atom stereocenters. The van der Waals surface area contributed by atoms with Gasteiger partial charge < -0.3 is 19.2 Å². The second-order valence-electron chi connectivity index (χ2n) is 5.76. The van der Waals surface area contributed by atoms with Crippen LogP contribution in [0.3, 0.4) is 0 Å². The molecule has 1 N–H and O–H groups in total. The summed E-state index contributed by atoms with van der Waals surface area (Å²) in [4.78, 5) is 24.3. The van der Waals surface area contributed by atoms with Crippen LogP contribution in [0.25, 0.3) is 11.1 Å². The molecule has 0 bridgehead atoms. The molecule has 134 valence electrons. The lowest BCUT2D eigenvalue weighted by Gasteiger charge is -2.20. The van der Waals surface area contributed by atoms with Crippen LogP contribution in [0.5, 0.6) is 11.5 Å². The van der Waals surface area contributed by atoms with Gasteiger partial charge in [-0.3, -0.25) is 9.36 Å². The number of carbonyl (C=O) groups is 1. The molecular weight excluding hydrogens is 404 g/mol. The lowest BCUT2D eigenvalue weighted by atomic mass is 10.2. The second-order valence-corrected chi connectivity index (χ2v) is 6.62. The number of rotatable bonds is 4. The predicted octanol–water partition coefficient (Wildman–Crippen LogP) is 3.16. The Bertz CT molecular complexity index is 1040. The molecule has 0 spiro atoms. The summed E-state index contributed by atoms with van der Waals surface area (Å²) in [6, 6.07) is 10.6. The average Bonchev–Trinajstić information content (AvgIpc) is 2.95. The van der Waals surface area contributed by atoms with Crippen molar-refractivity contribution in [3.8, 4) is 11.5 Å². The highest BCUT2D eigenvalue weighted by atomic mass is 79.9. The Morgan fingerprint density at radius 3 is 2.69 bits per heavy atom. The summed E-state index contributed by atoms with van der Waals surface area (Å²) in [6.45, 7) is 1.20. The van der Waals surface area contributed by atoms with Gasteiger partial charge in [0.2, 0.25) is 5.91 Å². The zero-order valence-electron chi connectivity index (χ0n) is 13.7. The maximum atomic E-state index is 12.3. The fourth-order valence-electron chi connectivity index (χ4n) is 2.81. The summed E-state index contributed by atoms with van der Waals surface area (Å²) in [6.07, 6.45) is 0.129. The van der Waals surface area contributed by atoms with Crippen LogP contribution in [0.2, 0.25) is 0 Å². The van der Waals surface area contributed by atoms with Crippen molar-refractivity contribution in [3.63, 3.8) is 0 Å². The molecule has 2 heterocycles. The molecule has 1 aromatic heterocycles. The predicted molar refractivity (Wildman–Crippen MR) is 98.9 cm³/mol. The fourth-order valence-corrected chi connectivity index (χ4v) is 3.23. The number of aryl methyl sites for hydroxylation is 1. The molecule has 0 saturated heterocycles. The number of halogens is 1. The monoisotopic (exact) mass is 418 g/mol. The second kappa shape index (κ2) is 6.87. The van der Waals surface area contributed by atoms with Crippen molar-refractivity contribution in [1.29, 1.82) is 0 Å². The van der Waals surface area contributed by atoms with E-state index < -0.39 is 5.76 Å². The van der Waals surface area contributed by atoms with Crippen molar-refractivity contribution in [1.82, 2.24) is 4.57 Å². The minimum atomic E-state index is -0.473. The summed E-state index contributed by atoms with van der Waals surface area (Å²) in [5, 5.41) is 2.82. The minimum Gasteiger partial charge on any atom is -0.486 e. The molecule has 0 aliphatic carbocycles. The Hall–Kier alpha value is -2.74. The molecule has 1 aliphatic rings. The van der Waals surface area contributed by atoms with E-state index >= 15 is 0 Å². The lowest BCUT2D eigenvalue weighted by molar-refractivity contribution is -0.116. The molecule has 3 aromatic rings. The van der Waals surface area contributed by atoms with Crippen LogP contribution in [-0.2, 0) is 11.3 Å². The Morgan fingerprint density at radius 2 is 1.88 bits per heavy atom. The number of aromatic nitrogens is 1. The van der Waals surface area contributed by atoms with E-state index in [2.05, 4.69) is 21.2 Å². The van der Waals surface area contributed by atoms with Gasteiger partial charge in [-0.1, -0.05) is 12.1 Å². The number of amides is 1. The molecule has 8 heteroatoms. The number of carbonyl (C=O) groups excluding carboxylic acids is 1. The van der Waals surface area contributed by atoms with Crippen molar-refractivity contribution in [2.24, 2.45) is 0 Å². The van der Waals surface area contributed by atoms with Gasteiger partial charge in [0.1, 0.15) is 13.2 Å². The summed E-state index contributed by atoms with van der Waals surface area (Å²) in [5.41, 5.74) is 1.77. The largest absolute Gasteiger partial charge is 0.486 e. The van der Waals surface area contributed by atoms with Gasteiger partial charge in [0.05, 0.1) is 11.2 Å².